The number of hydrogen-bond acceptors (Lipinski definition) is 3. The van der Waals surface area contributed by atoms with Crippen LogP contribution in [0.2, 0.25) is 0 Å². The van der Waals surface area contributed by atoms with Crippen molar-refractivity contribution in [3.8, 4) is 0 Å². The van der Waals surface area contributed by atoms with Crippen LogP contribution in [0.15, 0.2) is 30.3 Å². The first-order valence-corrected chi connectivity index (χ1v) is 8.13. The van der Waals surface area contributed by atoms with Gasteiger partial charge in [0.05, 0.1) is 0 Å². The number of unbranched alkanes of at least 4 members (excludes halogenated alkanes) is 1. The standard InChI is InChI=1S/C17H29N3/c1-2-10-18-11-6-7-12-19-13-15-20(16-14-19)17-8-4-3-5-9-17/h3-5,8-9,18H,2,6-7,10-16H2,1H3. The average Bonchev–Trinajstić information content (AvgIpc) is 2.52. The summed E-state index contributed by atoms with van der Waals surface area (Å²) in [6.45, 7) is 10.6. The fourth-order valence-electron chi connectivity index (χ4n) is 2.76. The third kappa shape index (κ3) is 5.14. The number of rotatable bonds is 8. The van der Waals surface area contributed by atoms with Crippen LogP contribution in [0.5, 0.6) is 0 Å². The summed E-state index contributed by atoms with van der Waals surface area (Å²) >= 11 is 0. The summed E-state index contributed by atoms with van der Waals surface area (Å²) in [5.74, 6) is 0. The highest BCUT2D eigenvalue weighted by Gasteiger charge is 2.16. The van der Waals surface area contributed by atoms with Crippen molar-refractivity contribution in [2.24, 2.45) is 0 Å². The van der Waals surface area contributed by atoms with Crippen LogP contribution in [0.25, 0.3) is 0 Å². The van der Waals surface area contributed by atoms with E-state index in [1.165, 1.54) is 51.1 Å². The van der Waals surface area contributed by atoms with E-state index in [-0.39, 0.29) is 0 Å². The van der Waals surface area contributed by atoms with Crippen molar-refractivity contribution in [2.45, 2.75) is 26.2 Å². The van der Waals surface area contributed by atoms with Gasteiger partial charge in [0.25, 0.3) is 0 Å². The Bertz CT molecular complexity index is 345. The smallest absolute Gasteiger partial charge is 0.0367 e. The zero-order valence-electron chi connectivity index (χ0n) is 12.9. The minimum atomic E-state index is 1.16. The van der Waals surface area contributed by atoms with Gasteiger partial charge in [0, 0.05) is 31.9 Å². The number of para-hydroxylation sites is 1. The first kappa shape index (κ1) is 15.3. The molecule has 1 aliphatic heterocycles. The Balaban J connectivity index is 1.58. The third-order valence-electron chi connectivity index (χ3n) is 4.00. The van der Waals surface area contributed by atoms with E-state index in [0.29, 0.717) is 0 Å². The normalized spacial score (nSPS) is 16.6. The maximum atomic E-state index is 3.47. The second-order valence-corrected chi connectivity index (χ2v) is 5.62. The van der Waals surface area contributed by atoms with E-state index in [0.717, 1.165) is 19.6 Å². The number of hydrogen-bond donors (Lipinski definition) is 1. The molecule has 112 valence electrons. The number of nitrogens with zero attached hydrogens (tertiary/aromatic N) is 2. The molecule has 1 N–H and O–H groups in total. The van der Waals surface area contributed by atoms with Crippen molar-refractivity contribution in [1.29, 1.82) is 0 Å². The number of piperazine rings is 1. The highest BCUT2D eigenvalue weighted by molar-refractivity contribution is 5.46. The summed E-state index contributed by atoms with van der Waals surface area (Å²) in [5.41, 5.74) is 1.37. The Labute approximate surface area is 124 Å². The molecule has 1 aliphatic rings. The predicted molar refractivity (Wildman–Crippen MR) is 87.5 cm³/mol. The SMILES string of the molecule is CCCNCCCCN1CCN(c2ccccc2)CC1. The van der Waals surface area contributed by atoms with E-state index in [1.54, 1.807) is 0 Å². The quantitative estimate of drug-likeness (QED) is 0.736. The van der Waals surface area contributed by atoms with Crippen molar-refractivity contribution in [2.75, 3.05) is 50.7 Å². The Hall–Kier alpha value is -1.06. The highest BCUT2D eigenvalue weighted by atomic mass is 15.3. The van der Waals surface area contributed by atoms with Crippen LogP contribution in [-0.2, 0) is 0 Å². The molecule has 3 heteroatoms. The topological polar surface area (TPSA) is 18.5 Å². The van der Waals surface area contributed by atoms with Gasteiger partial charge in [-0.3, -0.25) is 4.90 Å². The van der Waals surface area contributed by atoms with Crippen molar-refractivity contribution in [1.82, 2.24) is 10.2 Å². The van der Waals surface area contributed by atoms with Crippen molar-refractivity contribution in [3.05, 3.63) is 30.3 Å². The van der Waals surface area contributed by atoms with Gasteiger partial charge in [0.2, 0.25) is 0 Å². The predicted octanol–water partition coefficient (Wildman–Crippen LogP) is 2.59. The molecule has 0 spiro atoms. The Morgan fingerprint density at radius 3 is 2.40 bits per heavy atom. The molecule has 2 rings (SSSR count). The molecule has 0 aromatic heterocycles. The zero-order valence-corrected chi connectivity index (χ0v) is 12.9. The Morgan fingerprint density at radius 1 is 0.950 bits per heavy atom. The first-order chi connectivity index (χ1) is 9.90. The monoisotopic (exact) mass is 275 g/mol. The summed E-state index contributed by atoms with van der Waals surface area (Å²) in [4.78, 5) is 5.11. The average molecular weight is 275 g/mol. The Kier molecular flexibility index (Phi) is 6.89. The van der Waals surface area contributed by atoms with Gasteiger partial charge in [0.1, 0.15) is 0 Å². The molecule has 1 aromatic rings. The lowest BCUT2D eigenvalue weighted by Crippen LogP contribution is -2.46. The molecule has 1 heterocycles. The summed E-state index contributed by atoms with van der Waals surface area (Å²) in [7, 11) is 0. The minimum Gasteiger partial charge on any atom is -0.369 e. The second-order valence-electron chi connectivity index (χ2n) is 5.62. The minimum absolute atomic E-state index is 1.16. The van der Waals surface area contributed by atoms with Gasteiger partial charge in [-0.25, -0.2) is 0 Å². The maximum Gasteiger partial charge on any atom is 0.0367 e. The van der Waals surface area contributed by atoms with Crippen LogP contribution in [0.3, 0.4) is 0 Å². The molecular weight excluding hydrogens is 246 g/mol. The van der Waals surface area contributed by atoms with Crippen molar-refractivity contribution >= 4 is 5.69 Å². The van der Waals surface area contributed by atoms with Crippen LogP contribution >= 0.6 is 0 Å². The molecule has 0 amide bonds. The molecule has 0 radical (unpaired) electrons. The van der Waals surface area contributed by atoms with E-state index < -0.39 is 0 Å². The second kappa shape index (κ2) is 8.98. The van der Waals surface area contributed by atoms with E-state index >= 15 is 0 Å². The largest absolute Gasteiger partial charge is 0.369 e. The lowest BCUT2D eigenvalue weighted by Gasteiger charge is -2.36. The lowest BCUT2D eigenvalue weighted by molar-refractivity contribution is 0.252. The molecule has 1 fully saturated rings. The lowest BCUT2D eigenvalue weighted by atomic mass is 10.2. The van der Waals surface area contributed by atoms with Gasteiger partial charge >= 0.3 is 0 Å². The van der Waals surface area contributed by atoms with Crippen molar-refractivity contribution < 1.29 is 0 Å². The van der Waals surface area contributed by atoms with Crippen LogP contribution in [0.1, 0.15) is 26.2 Å². The zero-order chi connectivity index (χ0) is 14.0. The molecule has 1 saturated heterocycles. The van der Waals surface area contributed by atoms with Crippen molar-refractivity contribution in [3.63, 3.8) is 0 Å². The van der Waals surface area contributed by atoms with Crippen LogP contribution in [0, 0.1) is 0 Å². The van der Waals surface area contributed by atoms with Gasteiger partial charge in [-0.2, -0.15) is 0 Å². The van der Waals surface area contributed by atoms with Gasteiger partial charge in [-0.1, -0.05) is 25.1 Å². The third-order valence-corrected chi connectivity index (χ3v) is 4.00. The fraction of sp³-hybridized carbons (Fsp3) is 0.647. The highest BCUT2D eigenvalue weighted by Crippen LogP contribution is 2.15. The molecule has 0 unspecified atom stereocenters. The van der Waals surface area contributed by atoms with E-state index in [4.69, 9.17) is 0 Å². The summed E-state index contributed by atoms with van der Waals surface area (Å²) in [5, 5.41) is 3.47. The molecule has 3 nitrogen and oxygen atoms in total. The van der Waals surface area contributed by atoms with Gasteiger partial charge in [-0.15, -0.1) is 0 Å². The van der Waals surface area contributed by atoms with E-state index in [1.807, 2.05) is 0 Å². The maximum absolute atomic E-state index is 3.47. The first-order valence-electron chi connectivity index (χ1n) is 8.13. The number of anilines is 1. The summed E-state index contributed by atoms with van der Waals surface area (Å²) in [6, 6.07) is 10.8. The molecular formula is C17H29N3. The van der Waals surface area contributed by atoms with Crippen LogP contribution in [0.4, 0.5) is 5.69 Å². The molecule has 0 saturated carbocycles. The molecule has 0 atom stereocenters. The number of nitrogens with one attached hydrogen (secondary N) is 1. The number of benzene rings is 1. The van der Waals surface area contributed by atoms with Gasteiger partial charge in [-0.05, 0) is 51.0 Å². The molecule has 1 aromatic carbocycles. The summed E-state index contributed by atoms with van der Waals surface area (Å²) in [6.07, 6.45) is 3.86. The Morgan fingerprint density at radius 2 is 1.70 bits per heavy atom. The van der Waals surface area contributed by atoms with Crippen LogP contribution in [-0.4, -0.2) is 50.7 Å². The van der Waals surface area contributed by atoms with E-state index in [2.05, 4.69) is 52.4 Å². The van der Waals surface area contributed by atoms with E-state index in [9.17, 15) is 0 Å². The van der Waals surface area contributed by atoms with Crippen LogP contribution < -0.4 is 10.2 Å². The van der Waals surface area contributed by atoms with Gasteiger partial charge < -0.3 is 10.2 Å². The van der Waals surface area contributed by atoms with Gasteiger partial charge in [0.15, 0.2) is 0 Å². The molecule has 0 aliphatic carbocycles. The summed E-state index contributed by atoms with van der Waals surface area (Å²) < 4.78 is 0. The fourth-order valence-corrected chi connectivity index (χ4v) is 2.76. The molecule has 0 bridgehead atoms. The molecule has 20 heavy (non-hydrogen) atoms.